The number of imidazole rings is 1. The molecule has 5 heterocycles. The van der Waals surface area contributed by atoms with Gasteiger partial charge in [0.15, 0.2) is 32.3 Å². The number of para-hydroxylation sites is 1. The summed E-state index contributed by atoms with van der Waals surface area (Å²) in [5.41, 5.74) is -0.992. The topological polar surface area (TPSA) is 212 Å². The van der Waals surface area contributed by atoms with Gasteiger partial charge in [-0.15, -0.1) is 4.89 Å². The molecule has 5 atom stereocenters. The van der Waals surface area contributed by atoms with Crippen molar-refractivity contribution in [3.63, 3.8) is 0 Å². The maximum Gasteiger partial charge on any atom is 0.698 e. The van der Waals surface area contributed by atoms with Crippen molar-refractivity contribution in [3.8, 4) is 5.75 Å². The summed E-state index contributed by atoms with van der Waals surface area (Å²) in [7, 11) is -9.48. The van der Waals surface area contributed by atoms with Crippen LogP contribution in [0.1, 0.15) is 79.9 Å². The van der Waals surface area contributed by atoms with E-state index in [1.165, 1.54) is 61.9 Å². The van der Waals surface area contributed by atoms with E-state index >= 15 is 0 Å². The number of aliphatic imine (C=N–C) groups is 1. The van der Waals surface area contributed by atoms with Gasteiger partial charge in [0.2, 0.25) is 5.95 Å². The highest BCUT2D eigenvalue weighted by atomic mass is 31.1. The molecule has 2 fully saturated rings. The van der Waals surface area contributed by atoms with Gasteiger partial charge in [-0.05, 0) is 64.9 Å². The molecule has 1 unspecified atom stereocenters. The Morgan fingerprint density at radius 3 is 2.14 bits per heavy atom. The predicted molar refractivity (Wildman–Crippen MR) is 271 cm³/mol. The summed E-state index contributed by atoms with van der Waals surface area (Å²) < 4.78 is 45.8. The number of ether oxygens (including phenoxy) is 2. The molecule has 69 heavy (non-hydrogen) atoms. The summed E-state index contributed by atoms with van der Waals surface area (Å²) in [5, 5.41) is 16.4. The normalized spacial score (nSPS) is 21.4. The van der Waals surface area contributed by atoms with Crippen molar-refractivity contribution in [2.24, 2.45) is 4.99 Å². The molecule has 4 N–H and O–H groups in total. The van der Waals surface area contributed by atoms with E-state index in [9.17, 15) is 24.2 Å². The minimum absolute atomic E-state index is 0.122. The molecule has 0 radical (unpaired) electrons. The van der Waals surface area contributed by atoms with Gasteiger partial charge >= 0.3 is 8.25 Å². The van der Waals surface area contributed by atoms with Crippen molar-refractivity contribution in [2.75, 3.05) is 38.2 Å². The van der Waals surface area contributed by atoms with Gasteiger partial charge in [0, 0.05) is 30.6 Å². The van der Waals surface area contributed by atoms with Gasteiger partial charge < -0.3 is 28.3 Å². The van der Waals surface area contributed by atoms with Crippen molar-refractivity contribution in [1.82, 2.24) is 24.4 Å². The Bertz CT molecular complexity index is 2590. The van der Waals surface area contributed by atoms with Crippen molar-refractivity contribution >= 4 is 64.1 Å². The highest BCUT2D eigenvalue weighted by Gasteiger charge is 2.66. The van der Waals surface area contributed by atoms with Gasteiger partial charge in [0.25, 0.3) is 25.6 Å². The van der Waals surface area contributed by atoms with Crippen LogP contribution in [0.15, 0.2) is 107 Å². The zero-order chi connectivity index (χ0) is 49.6. The highest BCUT2D eigenvalue weighted by molar-refractivity contribution is 7.32. The maximum absolute atomic E-state index is 13.3. The Hall–Kier alpha value is -4.96. The Morgan fingerprint density at radius 2 is 1.54 bits per heavy atom. The Morgan fingerprint density at radius 1 is 0.913 bits per heavy atom. The Kier molecular flexibility index (Phi) is 16.2. The SMILES string of the molecule is C1CCC2=NCCCN2CC1.CC(C)(C)[Si](C)(C)O[C@@H]1[C@@H](CO[Si](c2ccccc2)(c2ccccc2)C(C)(C)C)O[C@@H](n2cnc3c(=O)[nH]c(NC(=O)COc4ccccc4)nc32)[C@]1(O)O[P+](=O)O. The molecule has 20 heteroatoms. The zero-order valence-corrected chi connectivity index (χ0v) is 43.8. The minimum Gasteiger partial charge on any atom is -0.484 e. The number of amides is 1. The van der Waals surface area contributed by atoms with E-state index in [-0.39, 0.29) is 35.4 Å². The molecule has 0 saturated carbocycles. The summed E-state index contributed by atoms with van der Waals surface area (Å²) in [4.78, 5) is 54.7. The summed E-state index contributed by atoms with van der Waals surface area (Å²) in [5.74, 6) is -1.64. The molecular formula is C49H67N7O10PSi2+. The van der Waals surface area contributed by atoms with Crippen LogP contribution >= 0.6 is 8.25 Å². The van der Waals surface area contributed by atoms with Crippen LogP contribution in [-0.4, -0.2) is 114 Å². The van der Waals surface area contributed by atoms with Gasteiger partial charge in [-0.25, -0.2) is 4.98 Å². The summed E-state index contributed by atoms with van der Waals surface area (Å²) >= 11 is 0. The number of rotatable bonds is 14. The molecule has 3 aliphatic heterocycles. The molecule has 2 saturated heterocycles. The van der Waals surface area contributed by atoms with Crippen molar-refractivity contribution in [1.29, 1.82) is 0 Å². The van der Waals surface area contributed by atoms with E-state index in [4.69, 9.17) is 22.8 Å². The number of carbonyl (C=O) groups excluding carboxylic acids is 1. The number of anilines is 1. The summed E-state index contributed by atoms with van der Waals surface area (Å²) in [6.45, 7) is 19.5. The number of fused-ring (bicyclic) bond motifs is 2. The second-order valence-corrected chi connectivity index (χ2v) is 29.9. The first kappa shape index (κ1) is 51.9. The fourth-order valence-corrected chi connectivity index (χ4v) is 15.2. The largest absolute Gasteiger partial charge is 0.698 e. The molecule has 0 aliphatic carbocycles. The van der Waals surface area contributed by atoms with Crippen LogP contribution in [0.2, 0.25) is 23.2 Å². The standard InChI is InChI=1S/C40H50N5O10PSi2.C9H16N2/c1-38(2,3)57(7,8)54-33-30(24-52-58(39(4,5)6,28-20-14-10-15-21-28)29-22-16-11-17-23-29)53-36(40(33,48)55-56(49)50)45-26-41-32-34(45)43-37(44-35(32)47)42-31(46)25-51-27-18-12-9-13-19-27;1-2-5-9-10-6-4-8-11(9)7-3-1/h9-23,26,30,33,36,48H,24-25H2,1-8H3,(H2-,42,43,44,46,47,49,50);1-8H2/p+1/t30-,33-,36-,40-;/m1./s1. The molecule has 1 amide bonds. The number of amidine groups is 1. The van der Waals surface area contributed by atoms with E-state index in [2.05, 4.69) is 50.9 Å². The first-order valence-corrected chi connectivity index (χ1v) is 29.6. The third-order valence-electron chi connectivity index (χ3n) is 13.4. The molecule has 3 aliphatic rings. The molecule has 0 spiro atoms. The predicted octanol–water partition coefficient (Wildman–Crippen LogP) is 7.02. The average Bonchev–Trinajstić information content (AvgIpc) is 3.72. The molecule has 5 aromatic rings. The van der Waals surface area contributed by atoms with E-state index in [1.807, 2.05) is 101 Å². The highest BCUT2D eigenvalue weighted by Crippen LogP contribution is 2.50. The van der Waals surface area contributed by atoms with E-state index in [1.54, 1.807) is 24.3 Å². The summed E-state index contributed by atoms with van der Waals surface area (Å²) in [6.07, 6.45) is 3.69. The van der Waals surface area contributed by atoms with Gasteiger partial charge in [0.05, 0.1) is 18.8 Å². The minimum atomic E-state index is -3.46. The van der Waals surface area contributed by atoms with Gasteiger partial charge in [-0.3, -0.25) is 29.4 Å². The van der Waals surface area contributed by atoms with Crippen LogP contribution in [0.25, 0.3) is 11.2 Å². The number of aromatic nitrogens is 4. The first-order valence-electron chi connectivity index (χ1n) is 23.6. The average molecular weight is 1000 g/mol. The van der Waals surface area contributed by atoms with E-state index < -0.39 is 65.6 Å². The molecule has 17 nitrogen and oxygen atoms in total. The Labute approximate surface area is 406 Å². The molecular weight excluding hydrogens is 934 g/mol. The Balaban J connectivity index is 0.000000556. The number of nitrogens with zero attached hydrogens (tertiary/aromatic N) is 5. The van der Waals surface area contributed by atoms with Crippen LogP contribution in [0.3, 0.4) is 0 Å². The monoisotopic (exact) mass is 1000 g/mol. The summed E-state index contributed by atoms with van der Waals surface area (Å²) in [6, 6.07) is 28.7. The van der Waals surface area contributed by atoms with Gasteiger partial charge in [-0.1, -0.05) is 131 Å². The second-order valence-electron chi connectivity index (χ2n) is 20.2. The number of hydrogen-bond acceptors (Lipinski definition) is 13. The van der Waals surface area contributed by atoms with Gasteiger partial charge in [-0.2, -0.15) is 4.98 Å². The fraction of sp³-hybridized carbons (Fsp3) is 0.490. The van der Waals surface area contributed by atoms with Crippen molar-refractivity contribution in [2.45, 2.75) is 121 Å². The molecule has 3 aromatic carbocycles. The number of H-pyrrole nitrogens is 1. The molecule has 370 valence electrons. The van der Waals surface area contributed by atoms with Gasteiger partial charge in [0.1, 0.15) is 18.0 Å². The van der Waals surface area contributed by atoms with Crippen LogP contribution in [0, 0.1) is 0 Å². The lowest BCUT2D eigenvalue weighted by molar-refractivity contribution is -0.226. The van der Waals surface area contributed by atoms with Crippen LogP contribution in [-0.2, 0) is 27.5 Å². The number of hydrogen-bond donors (Lipinski definition) is 4. The molecule has 8 rings (SSSR count). The number of nitrogens with one attached hydrogen (secondary N) is 2. The third-order valence-corrected chi connectivity index (χ3v) is 23.3. The van der Waals surface area contributed by atoms with Crippen LogP contribution in [0.5, 0.6) is 5.75 Å². The number of benzene rings is 3. The number of aromatic amines is 1. The van der Waals surface area contributed by atoms with Crippen LogP contribution < -0.4 is 26.0 Å². The fourth-order valence-electron chi connectivity index (χ4n) is 8.91. The van der Waals surface area contributed by atoms with E-state index in [0.717, 1.165) is 16.9 Å². The lowest BCUT2D eigenvalue weighted by Crippen LogP contribution is -2.67. The maximum atomic E-state index is 13.3. The molecule has 2 aromatic heterocycles. The van der Waals surface area contributed by atoms with Crippen molar-refractivity contribution < 1.29 is 42.2 Å². The number of carbonyl (C=O) groups is 1. The van der Waals surface area contributed by atoms with Crippen molar-refractivity contribution in [3.05, 3.63) is 108 Å². The lowest BCUT2D eigenvalue weighted by atomic mass is 10.1. The lowest BCUT2D eigenvalue weighted by Gasteiger charge is -2.44. The smallest absolute Gasteiger partial charge is 0.484 e. The number of aliphatic hydroxyl groups is 1. The second kappa shape index (κ2) is 21.6. The van der Waals surface area contributed by atoms with E-state index in [0.29, 0.717) is 5.75 Å². The molecule has 0 bridgehead atoms. The zero-order valence-electron chi connectivity index (χ0n) is 40.9. The van der Waals surface area contributed by atoms with Crippen LogP contribution in [0.4, 0.5) is 5.95 Å². The quantitative estimate of drug-likeness (QED) is 0.0501. The first-order chi connectivity index (χ1) is 32.7. The third kappa shape index (κ3) is 11.6.